The molecule has 1 saturated carbocycles. The minimum atomic E-state index is 0.705. The predicted octanol–water partition coefficient (Wildman–Crippen LogP) is 2.17. The molecule has 2 aliphatic heterocycles. The summed E-state index contributed by atoms with van der Waals surface area (Å²) in [5.41, 5.74) is 0. The van der Waals surface area contributed by atoms with Gasteiger partial charge < -0.3 is 10.2 Å². The molecule has 4 heteroatoms. The van der Waals surface area contributed by atoms with E-state index in [-0.39, 0.29) is 0 Å². The van der Waals surface area contributed by atoms with Gasteiger partial charge in [0.1, 0.15) is 0 Å². The zero-order chi connectivity index (χ0) is 14.7. The van der Waals surface area contributed by atoms with Gasteiger partial charge in [-0.2, -0.15) is 0 Å². The zero-order valence-electron chi connectivity index (χ0n) is 13.9. The molecule has 0 aromatic rings. The van der Waals surface area contributed by atoms with Gasteiger partial charge in [0, 0.05) is 32.7 Å². The van der Waals surface area contributed by atoms with Crippen molar-refractivity contribution < 1.29 is 0 Å². The number of fused-ring (bicyclic) bond motifs is 1. The molecule has 21 heavy (non-hydrogen) atoms. The summed E-state index contributed by atoms with van der Waals surface area (Å²) >= 11 is 0. The highest BCUT2D eigenvalue weighted by Crippen LogP contribution is 2.35. The van der Waals surface area contributed by atoms with Crippen molar-refractivity contribution in [3.8, 4) is 0 Å². The molecule has 0 radical (unpaired) electrons. The highest BCUT2D eigenvalue weighted by Gasteiger charge is 2.35. The number of likely N-dealkylation sites (tertiary alicyclic amines) is 2. The van der Waals surface area contributed by atoms with E-state index in [9.17, 15) is 0 Å². The highest BCUT2D eigenvalue weighted by atomic mass is 15.3. The van der Waals surface area contributed by atoms with Gasteiger partial charge in [0.15, 0.2) is 5.96 Å². The molecule has 3 aliphatic rings. The highest BCUT2D eigenvalue weighted by molar-refractivity contribution is 5.80. The van der Waals surface area contributed by atoms with Crippen LogP contribution < -0.4 is 5.32 Å². The molecule has 0 amide bonds. The molecule has 3 fully saturated rings. The van der Waals surface area contributed by atoms with Crippen LogP contribution in [0.25, 0.3) is 0 Å². The van der Waals surface area contributed by atoms with Gasteiger partial charge in [0.05, 0.1) is 0 Å². The second-order valence-electron chi connectivity index (χ2n) is 7.06. The molecule has 1 aliphatic carbocycles. The first-order valence-electron chi connectivity index (χ1n) is 9.01. The van der Waals surface area contributed by atoms with Gasteiger partial charge in [-0.1, -0.05) is 19.8 Å². The summed E-state index contributed by atoms with van der Waals surface area (Å²) in [7, 11) is 1.94. The topological polar surface area (TPSA) is 30.9 Å². The van der Waals surface area contributed by atoms with Crippen LogP contribution in [0.15, 0.2) is 4.99 Å². The van der Waals surface area contributed by atoms with E-state index in [1.54, 1.807) is 0 Å². The molecule has 3 rings (SSSR count). The van der Waals surface area contributed by atoms with Crippen molar-refractivity contribution in [1.82, 2.24) is 15.1 Å². The van der Waals surface area contributed by atoms with E-state index in [1.165, 1.54) is 64.7 Å². The number of hydrogen-bond donors (Lipinski definition) is 1. The normalized spacial score (nSPS) is 34.3. The maximum Gasteiger partial charge on any atom is 0.193 e. The molecule has 3 unspecified atom stereocenters. The standard InChI is InChI=1S/C17H32N4/c1-3-20-10-6-9-16(20)11-19-17(18-2)21-12-14-7-4-5-8-15(14)13-21/h14-16H,3-13H2,1-2H3,(H,18,19). The van der Waals surface area contributed by atoms with Crippen molar-refractivity contribution in [2.24, 2.45) is 16.8 Å². The van der Waals surface area contributed by atoms with Gasteiger partial charge >= 0.3 is 0 Å². The van der Waals surface area contributed by atoms with Crippen molar-refractivity contribution in [2.75, 3.05) is 39.8 Å². The summed E-state index contributed by atoms with van der Waals surface area (Å²) in [6.07, 6.45) is 8.44. The third-order valence-corrected chi connectivity index (χ3v) is 5.89. The SMILES string of the molecule is CCN1CCCC1CNC(=NC)N1CC2CCCCC2C1. The number of guanidine groups is 1. The van der Waals surface area contributed by atoms with Gasteiger partial charge in [-0.15, -0.1) is 0 Å². The molecule has 4 nitrogen and oxygen atoms in total. The molecule has 0 spiro atoms. The molecule has 3 atom stereocenters. The van der Waals surface area contributed by atoms with Crippen LogP contribution >= 0.6 is 0 Å². The van der Waals surface area contributed by atoms with Crippen molar-refractivity contribution in [3.05, 3.63) is 0 Å². The number of hydrogen-bond acceptors (Lipinski definition) is 2. The summed E-state index contributed by atoms with van der Waals surface area (Å²) in [6, 6.07) is 0.705. The molecular formula is C17H32N4. The Bertz CT molecular complexity index is 354. The molecule has 0 aromatic carbocycles. The maximum atomic E-state index is 4.55. The number of nitrogens with zero attached hydrogens (tertiary/aromatic N) is 3. The monoisotopic (exact) mass is 292 g/mol. The van der Waals surface area contributed by atoms with E-state index >= 15 is 0 Å². The first-order valence-corrected chi connectivity index (χ1v) is 9.01. The van der Waals surface area contributed by atoms with Crippen molar-refractivity contribution in [3.63, 3.8) is 0 Å². The van der Waals surface area contributed by atoms with Gasteiger partial charge in [-0.05, 0) is 50.6 Å². The summed E-state index contributed by atoms with van der Waals surface area (Å²) in [6.45, 7) is 8.25. The van der Waals surface area contributed by atoms with Crippen LogP contribution in [-0.2, 0) is 0 Å². The van der Waals surface area contributed by atoms with Crippen molar-refractivity contribution in [2.45, 2.75) is 51.5 Å². The fourth-order valence-electron chi connectivity index (χ4n) is 4.66. The number of likely N-dealkylation sites (N-methyl/N-ethyl adjacent to an activating group) is 1. The second-order valence-corrected chi connectivity index (χ2v) is 7.06. The average molecular weight is 292 g/mol. The summed E-state index contributed by atoms with van der Waals surface area (Å²) in [4.78, 5) is 9.67. The fourth-order valence-corrected chi connectivity index (χ4v) is 4.66. The van der Waals surface area contributed by atoms with Crippen LogP contribution in [0.2, 0.25) is 0 Å². The lowest BCUT2D eigenvalue weighted by molar-refractivity contribution is 0.265. The Morgan fingerprint density at radius 1 is 1.10 bits per heavy atom. The maximum absolute atomic E-state index is 4.55. The average Bonchev–Trinajstić information content (AvgIpc) is 3.13. The van der Waals surface area contributed by atoms with Crippen LogP contribution in [0.4, 0.5) is 0 Å². The van der Waals surface area contributed by atoms with E-state index in [2.05, 4.69) is 27.0 Å². The Morgan fingerprint density at radius 3 is 2.43 bits per heavy atom. The fraction of sp³-hybridized carbons (Fsp3) is 0.941. The number of rotatable bonds is 3. The van der Waals surface area contributed by atoms with Gasteiger partial charge in [0.2, 0.25) is 0 Å². The third-order valence-electron chi connectivity index (χ3n) is 5.89. The minimum Gasteiger partial charge on any atom is -0.355 e. The van der Waals surface area contributed by atoms with Gasteiger partial charge in [-0.25, -0.2) is 0 Å². The minimum absolute atomic E-state index is 0.705. The summed E-state index contributed by atoms with van der Waals surface area (Å²) in [5, 5.41) is 3.66. The lowest BCUT2D eigenvalue weighted by atomic mass is 9.82. The van der Waals surface area contributed by atoms with E-state index in [4.69, 9.17) is 0 Å². The van der Waals surface area contributed by atoms with Crippen LogP contribution in [0, 0.1) is 11.8 Å². The molecule has 1 N–H and O–H groups in total. The first kappa shape index (κ1) is 15.1. The van der Waals surface area contributed by atoms with Crippen LogP contribution in [0.3, 0.4) is 0 Å². The van der Waals surface area contributed by atoms with E-state index in [0.717, 1.165) is 24.3 Å². The number of nitrogens with one attached hydrogen (secondary N) is 1. The largest absolute Gasteiger partial charge is 0.355 e. The van der Waals surface area contributed by atoms with E-state index in [0.29, 0.717) is 6.04 Å². The Labute approximate surface area is 130 Å². The Kier molecular flexibility index (Phi) is 5.04. The van der Waals surface area contributed by atoms with Crippen LogP contribution in [0.1, 0.15) is 45.4 Å². The molecule has 2 heterocycles. The lowest BCUT2D eigenvalue weighted by Crippen LogP contribution is -2.46. The quantitative estimate of drug-likeness (QED) is 0.639. The van der Waals surface area contributed by atoms with Gasteiger partial charge in [-0.3, -0.25) is 9.89 Å². The van der Waals surface area contributed by atoms with Crippen LogP contribution in [0.5, 0.6) is 0 Å². The van der Waals surface area contributed by atoms with Gasteiger partial charge in [0.25, 0.3) is 0 Å². The molecular weight excluding hydrogens is 260 g/mol. The summed E-state index contributed by atoms with van der Waals surface area (Å²) < 4.78 is 0. The molecule has 120 valence electrons. The predicted molar refractivity (Wildman–Crippen MR) is 88.7 cm³/mol. The Morgan fingerprint density at radius 2 is 1.81 bits per heavy atom. The van der Waals surface area contributed by atoms with E-state index in [1.807, 2.05) is 7.05 Å². The van der Waals surface area contributed by atoms with Crippen molar-refractivity contribution in [1.29, 1.82) is 0 Å². The van der Waals surface area contributed by atoms with Crippen molar-refractivity contribution >= 4 is 5.96 Å². The Balaban J connectivity index is 1.51. The third kappa shape index (κ3) is 3.36. The van der Waals surface area contributed by atoms with Crippen LogP contribution in [-0.4, -0.2) is 61.6 Å². The molecule has 0 bridgehead atoms. The van der Waals surface area contributed by atoms with E-state index < -0.39 is 0 Å². The summed E-state index contributed by atoms with van der Waals surface area (Å²) in [5.74, 6) is 3.00. The molecule has 2 saturated heterocycles. The Hall–Kier alpha value is -0.770. The first-order chi connectivity index (χ1) is 10.3. The lowest BCUT2D eigenvalue weighted by Gasteiger charge is -2.27. The second kappa shape index (κ2) is 6.99. The number of aliphatic imine (C=N–C) groups is 1. The molecule has 0 aromatic heterocycles. The zero-order valence-corrected chi connectivity index (χ0v) is 13.9. The smallest absolute Gasteiger partial charge is 0.193 e.